The molecule has 0 aliphatic carbocycles. The van der Waals surface area contributed by atoms with Gasteiger partial charge in [-0.25, -0.2) is 4.68 Å². The molecule has 0 bridgehead atoms. The molecule has 150 valence electrons. The van der Waals surface area contributed by atoms with E-state index in [0.29, 0.717) is 18.0 Å². The van der Waals surface area contributed by atoms with Crippen molar-refractivity contribution < 1.29 is 14.3 Å². The summed E-state index contributed by atoms with van der Waals surface area (Å²) in [6.07, 6.45) is 3.20. The third-order valence-corrected chi connectivity index (χ3v) is 4.73. The minimum Gasteiger partial charge on any atom is -0.493 e. The summed E-state index contributed by atoms with van der Waals surface area (Å²) in [7, 11) is 3.16. The highest BCUT2D eigenvalue weighted by Gasteiger charge is 2.13. The first-order valence-corrected chi connectivity index (χ1v) is 9.32. The molecule has 1 N–H and O–H groups in total. The zero-order chi connectivity index (χ0) is 20.8. The Labute approximate surface area is 170 Å². The number of hydrogen-bond donors (Lipinski definition) is 1. The van der Waals surface area contributed by atoms with Crippen molar-refractivity contribution in [2.24, 2.45) is 0 Å². The van der Waals surface area contributed by atoms with Crippen LogP contribution in [-0.4, -0.2) is 29.9 Å². The second kappa shape index (κ2) is 9.10. The minimum atomic E-state index is -0.193. The Balaban J connectivity index is 1.71. The van der Waals surface area contributed by atoms with Gasteiger partial charge in [-0.1, -0.05) is 30.3 Å². The summed E-state index contributed by atoms with van der Waals surface area (Å²) < 4.78 is 12.6. The molecule has 6 nitrogen and oxygen atoms in total. The summed E-state index contributed by atoms with van der Waals surface area (Å²) in [5, 5.41) is 7.54. The third kappa shape index (κ3) is 4.48. The van der Waals surface area contributed by atoms with E-state index in [0.717, 1.165) is 28.2 Å². The Morgan fingerprint density at radius 2 is 1.83 bits per heavy atom. The van der Waals surface area contributed by atoms with Gasteiger partial charge < -0.3 is 14.8 Å². The molecule has 2 aromatic carbocycles. The van der Waals surface area contributed by atoms with Gasteiger partial charge in [-0.3, -0.25) is 4.79 Å². The van der Waals surface area contributed by atoms with E-state index in [2.05, 4.69) is 10.4 Å². The van der Waals surface area contributed by atoms with Crippen LogP contribution in [0.4, 0.5) is 0 Å². The van der Waals surface area contributed by atoms with E-state index >= 15 is 0 Å². The van der Waals surface area contributed by atoms with E-state index in [1.54, 1.807) is 20.3 Å². The molecule has 1 amide bonds. The van der Waals surface area contributed by atoms with Gasteiger partial charge in [0.05, 0.1) is 25.6 Å². The van der Waals surface area contributed by atoms with Gasteiger partial charge in [0.25, 0.3) is 0 Å². The highest BCUT2D eigenvalue weighted by atomic mass is 16.5. The van der Waals surface area contributed by atoms with Crippen LogP contribution < -0.4 is 14.8 Å². The van der Waals surface area contributed by atoms with Crippen LogP contribution in [-0.2, 0) is 11.3 Å². The number of hydrogen-bond acceptors (Lipinski definition) is 4. The lowest BCUT2D eigenvalue weighted by Gasteiger charge is -2.10. The summed E-state index contributed by atoms with van der Waals surface area (Å²) in [6.45, 7) is 4.36. The Kier molecular flexibility index (Phi) is 6.34. The van der Waals surface area contributed by atoms with Gasteiger partial charge >= 0.3 is 0 Å². The molecule has 0 fully saturated rings. The molecule has 0 saturated heterocycles. The SMILES string of the molecule is COc1cccc(/C=C/C(=O)NCc2c(C)nn(-c3ccccc3)c2C)c1OC. The van der Waals surface area contributed by atoms with Gasteiger partial charge in [-0.2, -0.15) is 5.10 Å². The van der Waals surface area contributed by atoms with Crippen LogP contribution in [0.1, 0.15) is 22.5 Å². The number of nitrogens with zero attached hydrogens (tertiary/aromatic N) is 2. The van der Waals surface area contributed by atoms with Crippen LogP contribution >= 0.6 is 0 Å². The van der Waals surface area contributed by atoms with E-state index in [9.17, 15) is 4.79 Å². The van der Waals surface area contributed by atoms with Gasteiger partial charge in [-0.15, -0.1) is 0 Å². The number of rotatable bonds is 7. The lowest BCUT2D eigenvalue weighted by atomic mass is 10.1. The predicted molar refractivity (Wildman–Crippen MR) is 113 cm³/mol. The number of para-hydroxylation sites is 2. The number of nitrogens with one attached hydrogen (secondary N) is 1. The summed E-state index contributed by atoms with van der Waals surface area (Å²) in [6, 6.07) is 15.5. The molecule has 3 aromatic rings. The van der Waals surface area contributed by atoms with Crippen molar-refractivity contribution in [1.29, 1.82) is 0 Å². The number of carbonyl (C=O) groups is 1. The maximum atomic E-state index is 12.3. The predicted octanol–water partition coefficient (Wildman–Crippen LogP) is 3.84. The fraction of sp³-hybridized carbons (Fsp3) is 0.217. The Bertz CT molecular complexity index is 1020. The van der Waals surface area contributed by atoms with Crippen molar-refractivity contribution in [3.63, 3.8) is 0 Å². The lowest BCUT2D eigenvalue weighted by Crippen LogP contribution is -2.21. The average Bonchev–Trinajstić information content (AvgIpc) is 3.04. The molecule has 0 aliphatic heterocycles. The van der Waals surface area contributed by atoms with Gasteiger partial charge in [-0.05, 0) is 38.1 Å². The van der Waals surface area contributed by atoms with Crippen molar-refractivity contribution in [2.45, 2.75) is 20.4 Å². The number of aryl methyl sites for hydroxylation is 1. The fourth-order valence-corrected chi connectivity index (χ4v) is 3.19. The van der Waals surface area contributed by atoms with Gasteiger partial charge in [0.15, 0.2) is 11.5 Å². The number of aromatic nitrogens is 2. The molecule has 0 radical (unpaired) electrons. The van der Waals surface area contributed by atoms with Crippen LogP contribution in [0.3, 0.4) is 0 Å². The largest absolute Gasteiger partial charge is 0.493 e. The maximum Gasteiger partial charge on any atom is 0.244 e. The van der Waals surface area contributed by atoms with Crippen LogP contribution in [0.15, 0.2) is 54.6 Å². The van der Waals surface area contributed by atoms with E-state index in [4.69, 9.17) is 9.47 Å². The molecular weight excluding hydrogens is 366 g/mol. The number of benzene rings is 2. The molecule has 0 aliphatic rings. The Morgan fingerprint density at radius 1 is 1.07 bits per heavy atom. The van der Waals surface area contributed by atoms with Crippen LogP contribution in [0.2, 0.25) is 0 Å². The van der Waals surface area contributed by atoms with Gasteiger partial charge in [0.2, 0.25) is 5.91 Å². The number of amides is 1. The lowest BCUT2D eigenvalue weighted by molar-refractivity contribution is -0.116. The molecule has 1 heterocycles. The normalized spacial score (nSPS) is 10.9. The smallest absolute Gasteiger partial charge is 0.244 e. The van der Waals surface area contributed by atoms with E-state index < -0.39 is 0 Å². The quantitative estimate of drug-likeness (QED) is 0.622. The van der Waals surface area contributed by atoms with Gasteiger partial charge in [0.1, 0.15) is 0 Å². The molecule has 0 atom stereocenters. The minimum absolute atomic E-state index is 0.193. The van der Waals surface area contributed by atoms with E-state index in [1.165, 1.54) is 6.08 Å². The first kappa shape index (κ1) is 20.2. The van der Waals surface area contributed by atoms with E-state index in [1.807, 2.05) is 67.1 Å². The first-order valence-electron chi connectivity index (χ1n) is 9.32. The van der Waals surface area contributed by atoms with Crippen molar-refractivity contribution in [2.75, 3.05) is 14.2 Å². The standard InChI is InChI=1S/C23H25N3O3/c1-16-20(17(2)26(25-16)19-10-6-5-7-11-19)15-24-22(27)14-13-18-9-8-12-21(28-3)23(18)29-4/h5-14H,15H2,1-4H3,(H,24,27)/b14-13+. The molecule has 1 aromatic heterocycles. The monoisotopic (exact) mass is 391 g/mol. The molecule has 3 rings (SSSR count). The van der Waals surface area contributed by atoms with Crippen LogP contribution in [0, 0.1) is 13.8 Å². The third-order valence-electron chi connectivity index (χ3n) is 4.73. The Hall–Kier alpha value is -3.54. The van der Waals surface area contributed by atoms with Crippen molar-refractivity contribution in [1.82, 2.24) is 15.1 Å². The average molecular weight is 391 g/mol. The number of carbonyl (C=O) groups excluding carboxylic acids is 1. The number of ether oxygens (including phenoxy) is 2. The molecule has 0 saturated carbocycles. The molecule has 0 spiro atoms. The zero-order valence-electron chi connectivity index (χ0n) is 17.1. The van der Waals surface area contributed by atoms with Crippen LogP contribution in [0.25, 0.3) is 11.8 Å². The van der Waals surface area contributed by atoms with E-state index in [-0.39, 0.29) is 5.91 Å². The second-order valence-electron chi connectivity index (χ2n) is 6.53. The topological polar surface area (TPSA) is 65.4 Å². The molecule has 6 heteroatoms. The summed E-state index contributed by atoms with van der Waals surface area (Å²) >= 11 is 0. The van der Waals surface area contributed by atoms with Crippen LogP contribution in [0.5, 0.6) is 11.5 Å². The first-order chi connectivity index (χ1) is 14.0. The summed E-state index contributed by atoms with van der Waals surface area (Å²) in [5.74, 6) is 1.02. The fourth-order valence-electron chi connectivity index (χ4n) is 3.19. The van der Waals surface area contributed by atoms with Gasteiger partial charge in [0, 0.05) is 29.4 Å². The van der Waals surface area contributed by atoms with Crippen molar-refractivity contribution >= 4 is 12.0 Å². The molecule has 0 unspecified atom stereocenters. The summed E-state index contributed by atoms with van der Waals surface area (Å²) in [5.41, 5.74) is 4.68. The number of methoxy groups -OCH3 is 2. The summed E-state index contributed by atoms with van der Waals surface area (Å²) in [4.78, 5) is 12.3. The van der Waals surface area contributed by atoms with Crippen molar-refractivity contribution in [3.05, 3.63) is 77.1 Å². The highest BCUT2D eigenvalue weighted by molar-refractivity contribution is 5.92. The maximum absolute atomic E-state index is 12.3. The molecule has 29 heavy (non-hydrogen) atoms. The highest BCUT2D eigenvalue weighted by Crippen LogP contribution is 2.31. The zero-order valence-corrected chi connectivity index (χ0v) is 17.1. The second-order valence-corrected chi connectivity index (χ2v) is 6.53. The molecular formula is C23H25N3O3. The van der Waals surface area contributed by atoms with Crippen molar-refractivity contribution in [3.8, 4) is 17.2 Å². The Morgan fingerprint density at radius 3 is 2.52 bits per heavy atom.